The summed E-state index contributed by atoms with van der Waals surface area (Å²) in [5.74, 6) is 0.621. The maximum Gasteiger partial charge on any atom is 0.0299 e. The Morgan fingerprint density at radius 1 is 1.50 bits per heavy atom. The van der Waals surface area contributed by atoms with Crippen LogP contribution in [0.5, 0.6) is 0 Å². The average molecular weight is 212 g/mol. The van der Waals surface area contributed by atoms with Crippen LogP contribution in [0.4, 0.5) is 0 Å². The molecule has 0 saturated carbocycles. The minimum Gasteiger partial charge on any atom is -0.330 e. The molecule has 0 fully saturated rings. The largest absolute Gasteiger partial charge is 0.330 e. The smallest absolute Gasteiger partial charge is 0.0299 e. The SMILES string of the molecule is CCC(CN)CNCc1ccc(C)s1. The molecule has 1 atom stereocenters. The van der Waals surface area contributed by atoms with Gasteiger partial charge in [-0.1, -0.05) is 13.3 Å². The Morgan fingerprint density at radius 2 is 2.29 bits per heavy atom. The zero-order chi connectivity index (χ0) is 10.4. The molecule has 0 amide bonds. The van der Waals surface area contributed by atoms with Gasteiger partial charge in [-0.2, -0.15) is 0 Å². The first kappa shape index (κ1) is 11.7. The summed E-state index contributed by atoms with van der Waals surface area (Å²) in [5.41, 5.74) is 5.63. The maximum atomic E-state index is 5.63. The van der Waals surface area contributed by atoms with E-state index >= 15 is 0 Å². The lowest BCUT2D eigenvalue weighted by molar-refractivity contribution is 0.472. The molecule has 3 N–H and O–H groups in total. The third-order valence-electron chi connectivity index (χ3n) is 2.44. The van der Waals surface area contributed by atoms with Crippen LogP contribution in [0, 0.1) is 12.8 Å². The van der Waals surface area contributed by atoms with Crippen molar-refractivity contribution in [3.8, 4) is 0 Å². The van der Waals surface area contributed by atoms with E-state index < -0.39 is 0 Å². The van der Waals surface area contributed by atoms with Crippen LogP contribution in [-0.4, -0.2) is 13.1 Å². The van der Waals surface area contributed by atoms with Gasteiger partial charge in [0.15, 0.2) is 0 Å². The molecular formula is C11H20N2S. The van der Waals surface area contributed by atoms with Gasteiger partial charge in [0.2, 0.25) is 0 Å². The Kier molecular flexibility index (Phi) is 5.15. The van der Waals surface area contributed by atoms with Crippen LogP contribution < -0.4 is 11.1 Å². The number of hydrogen-bond donors (Lipinski definition) is 2. The lowest BCUT2D eigenvalue weighted by atomic mass is 10.1. The van der Waals surface area contributed by atoms with Crippen molar-refractivity contribution < 1.29 is 0 Å². The molecule has 2 nitrogen and oxygen atoms in total. The number of hydrogen-bond acceptors (Lipinski definition) is 3. The van der Waals surface area contributed by atoms with Gasteiger partial charge in [-0.05, 0) is 38.1 Å². The molecule has 1 aromatic rings. The summed E-state index contributed by atoms with van der Waals surface area (Å²) in [6, 6.07) is 4.36. The molecule has 0 aliphatic heterocycles. The highest BCUT2D eigenvalue weighted by Crippen LogP contribution is 2.14. The minimum atomic E-state index is 0.621. The van der Waals surface area contributed by atoms with E-state index in [4.69, 9.17) is 5.73 Å². The first-order chi connectivity index (χ1) is 6.76. The second kappa shape index (κ2) is 6.17. The number of thiophene rings is 1. The van der Waals surface area contributed by atoms with Crippen LogP contribution in [0.25, 0.3) is 0 Å². The predicted octanol–water partition coefficient (Wildman–Crippen LogP) is 2.13. The van der Waals surface area contributed by atoms with Crippen LogP contribution in [-0.2, 0) is 6.54 Å². The number of nitrogens with one attached hydrogen (secondary N) is 1. The van der Waals surface area contributed by atoms with Gasteiger partial charge in [-0.3, -0.25) is 0 Å². The molecule has 0 aliphatic rings. The van der Waals surface area contributed by atoms with Crippen molar-refractivity contribution in [3.05, 3.63) is 21.9 Å². The summed E-state index contributed by atoms with van der Waals surface area (Å²) < 4.78 is 0. The predicted molar refractivity (Wildman–Crippen MR) is 63.6 cm³/mol. The molecule has 0 saturated heterocycles. The van der Waals surface area contributed by atoms with E-state index in [1.165, 1.54) is 9.75 Å². The Balaban J connectivity index is 2.21. The van der Waals surface area contributed by atoms with E-state index in [0.717, 1.165) is 26.1 Å². The lowest BCUT2D eigenvalue weighted by Gasteiger charge is -2.12. The fraction of sp³-hybridized carbons (Fsp3) is 0.636. The van der Waals surface area contributed by atoms with Gasteiger partial charge in [0.25, 0.3) is 0 Å². The molecule has 0 radical (unpaired) electrons. The Hall–Kier alpha value is -0.380. The summed E-state index contributed by atoms with van der Waals surface area (Å²) in [7, 11) is 0. The quantitative estimate of drug-likeness (QED) is 0.758. The molecule has 1 aromatic heterocycles. The van der Waals surface area contributed by atoms with Crippen LogP contribution in [0.15, 0.2) is 12.1 Å². The molecule has 0 aliphatic carbocycles. The van der Waals surface area contributed by atoms with Crippen molar-refractivity contribution >= 4 is 11.3 Å². The maximum absolute atomic E-state index is 5.63. The third-order valence-corrected chi connectivity index (χ3v) is 3.44. The molecule has 0 spiro atoms. The summed E-state index contributed by atoms with van der Waals surface area (Å²) in [6.07, 6.45) is 1.16. The average Bonchev–Trinajstić information content (AvgIpc) is 2.59. The van der Waals surface area contributed by atoms with Crippen molar-refractivity contribution in [1.29, 1.82) is 0 Å². The van der Waals surface area contributed by atoms with Crippen molar-refractivity contribution in [1.82, 2.24) is 5.32 Å². The summed E-state index contributed by atoms with van der Waals surface area (Å²) in [6.45, 7) is 7.13. The Labute approximate surface area is 90.5 Å². The zero-order valence-electron chi connectivity index (χ0n) is 9.05. The van der Waals surface area contributed by atoms with Gasteiger partial charge < -0.3 is 11.1 Å². The fourth-order valence-electron chi connectivity index (χ4n) is 1.37. The topological polar surface area (TPSA) is 38.0 Å². The number of aryl methyl sites for hydroxylation is 1. The first-order valence-electron chi connectivity index (χ1n) is 5.22. The summed E-state index contributed by atoms with van der Waals surface area (Å²) >= 11 is 1.86. The second-order valence-electron chi connectivity index (χ2n) is 3.65. The normalized spacial score (nSPS) is 13.1. The van der Waals surface area contributed by atoms with Gasteiger partial charge in [-0.25, -0.2) is 0 Å². The van der Waals surface area contributed by atoms with E-state index in [9.17, 15) is 0 Å². The molecule has 0 bridgehead atoms. The molecular weight excluding hydrogens is 192 g/mol. The molecule has 80 valence electrons. The van der Waals surface area contributed by atoms with E-state index in [1.807, 2.05) is 11.3 Å². The molecule has 0 aromatic carbocycles. The van der Waals surface area contributed by atoms with E-state index in [-0.39, 0.29) is 0 Å². The first-order valence-corrected chi connectivity index (χ1v) is 6.04. The summed E-state index contributed by atoms with van der Waals surface area (Å²) in [4.78, 5) is 2.79. The summed E-state index contributed by atoms with van der Waals surface area (Å²) in [5, 5.41) is 3.45. The van der Waals surface area contributed by atoms with Crippen LogP contribution in [0.3, 0.4) is 0 Å². The van der Waals surface area contributed by atoms with Gasteiger partial charge in [0.1, 0.15) is 0 Å². The van der Waals surface area contributed by atoms with Crippen LogP contribution >= 0.6 is 11.3 Å². The highest BCUT2D eigenvalue weighted by Gasteiger charge is 2.03. The van der Waals surface area contributed by atoms with Gasteiger partial charge >= 0.3 is 0 Å². The van der Waals surface area contributed by atoms with Gasteiger partial charge in [0.05, 0.1) is 0 Å². The van der Waals surface area contributed by atoms with Crippen LogP contribution in [0.1, 0.15) is 23.1 Å². The molecule has 1 heterocycles. The van der Waals surface area contributed by atoms with Gasteiger partial charge in [-0.15, -0.1) is 11.3 Å². The van der Waals surface area contributed by atoms with E-state index in [1.54, 1.807) is 0 Å². The van der Waals surface area contributed by atoms with Crippen molar-refractivity contribution in [2.45, 2.75) is 26.8 Å². The van der Waals surface area contributed by atoms with Crippen molar-refractivity contribution in [3.63, 3.8) is 0 Å². The highest BCUT2D eigenvalue weighted by molar-refractivity contribution is 7.11. The van der Waals surface area contributed by atoms with Crippen molar-refractivity contribution in [2.75, 3.05) is 13.1 Å². The molecule has 1 unspecified atom stereocenters. The number of rotatable bonds is 6. The lowest BCUT2D eigenvalue weighted by Crippen LogP contribution is -2.27. The highest BCUT2D eigenvalue weighted by atomic mass is 32.1. The second-order valence-corrected chi connectivity index (χ2v) is 5.03. The molecule has 3 heteroatoms. The van der Waals surface area contributed by atoms with E-state index in [2.05, 4.69) is 31.3 Å². The van der Waals surface area contributed by atoms with Gasteiger partial charge in [0, 0.05) is 16.3 Å². The van der Waals surface area contributed by atoms with E-state index in [0.29, 0.717) is 5.92 Å². The Bertz CT molecular complexity index is 254. The van der Waals surface area contributed by atoms with Crippen LogP contribution in [0.2, 0.25) is 0 Å². The number of nitrogens with two attached hydrogens (primary N) is 1. The fourth-order valence-corrected chi connectivity index (χ4v) is 2.23. The monoisotopic (exact) mass is 212 g/mol. The Morgan fingerprint density at radius 3 is 2.79 bits per heavy atom. The third kappa shape index (κ3) is 3.78. The minimum absolute atomic E-state index is 0.621. The molecule has 14 heavy (non-hydrogen) atoms. The molecule has 1 rings (SSSR count). The zero-order valence-corrected chi connectivity index (χ0v) is 9.86. The van der Waals surface area contributed by atoms with Crippen molar-refractivity contribution in [2.24, 2.45) is 11.7 Å². The standard InChI is InChI=1S/C11H20N2S/c1-3-10(6-12)7-13-8-11-5-4-9(2)14-11/h4-5,10,13H,3,6-8,12H2,1-2H3.